The summed E-state index contributed by atoms with van der Waals surface area (Å²) in [6.07, 6.45) is 0. The SMILES string of the molecule is O=C(NCCSCc1ccccc1F)NCc1ccccc1CO. The summed E-state index contributed by atoms with van der Waals surface area (Å²) in [5.41, 5.74) is 2.37. The van der Waals surface area contributed by atoms with E-state index >= 15 is 0 Å². The van der Waals surface area contributed by atoms with Gasteiger partial charge in [0.1, 0.15) is 5.82 Å². The molecule has 0 saturated heterocycles. The lowest BCUT2D eigenvalue weighted by Gasteiger charge is -2.10. The molecule has 0 aliphatic heterocycles. The Hall–Kier alpha value is -2.05. The first-order valence-electron chi connectivity index (χ1n) is 7.71. The van der Waals surface area contributed by atoms with E-state index in [0.717, 1.165) is 11.1 Å². The van der Waals surface area contributed by atoms with Crippen LogP contribution in [0.1, 0.15) is 16.7 Å². The van der Waals surface area contributed by atoms with Crippen molar-refractivity contribution in [2.45, 2.75) is 18.9 Å². The summed E-state index contributed by atoms with van der Waals surface area (Å²) in [6, 6.07) is 13.9. The quantitative estimate of drug-likeness (QED) is 0.643. The number of benzene rings is 2. The summed E-state index contributed by atoms with van der Waals surface area (Å²) in [6.45, 7) is 0.823. The third kappa shape index (κ3) is 5.86. The van der Waals surface area contributed by atoms with E-state index in [-0.39, 0.29) is 18.5 Å². The molecule has 0 aromatic heterocycles. The van der Waals surface area contributed by atoms with Gasteiger partial charge >= 0.3 is 6.03 Å². The third-order valence-electron chi connectivity index (χ3n) is 3.48. The fourth-order valence-corrected chi connectivity index (χ4v) is 3.00. The summed E-state index contributed by atoms with van der Waals surface area (Å²) in [5.74, 6) is 1.09. The maximum atomic E-state index is 13.4. The number of rotatable bonds is 8. The second-order valence-corrected chi connectivity index (χ2v) is 6.29. The van der Waals surface area contributed by atoms with Gasteiger partial charge in [-0.05, 0) is 22.8 Å². The highest BCUT2D eigenvalue weighted by Crippen LogP contribution is 2.14. The molecule has 0 heterocycles. The Morgan fingerprint density at radius 2 is 1.67 bits per heavy atom. The molecule has 0 fully saturated rings. The predicted octanol–water partition coefficient (Wildman–Crippen LogP) is 3.05. The van der Waals surface area contributed by atoms with Crippen molar-refractivity contribution in [1.29, 1.82) is 0 Å². The molecule has 0 radical (unpaired) electrons. The number of nitrogens with one attached hydrogen (secondary N) is 2. The number of hydrogen-bond acceptors (Lipinski definition) is 3. The molecule has 2 rings (SSSR count). The van der Waals surface area contributed by atoms with Crippen molar-refractivity contribution in [2.24, 2.45) is 0 Å². The van der Waals surface area contributed by atoms with Crippen LogP contribution < -0.4 is 10.6 Å². The normalized spacial score (nSPS) is 10.4. The van der Waals surface area contributed by atoms with Crippen molar-refractivity contribution in [3.05, 3.63) is 71.0 Å². The number of aliphatic hydroxyl groups excluding tert-OH is 1. The van der Waals surface area contributed by atoms with Crippen LogP contribution in [0.3, 0.4) is 0 Å². The zero-order chi connectivity index (χ0) is 17.2. The van der Waals surface area contributed by atoms with Gasteiger partial charge < -0.3 is 15.7 Å². The maximum absolute atomic E-state index is 13.4. The highest BCUT2D eigenvalue weighted by molar-refractivity contribution is 7.98. The Bertz CT molecular complexity index is 667. The Balaban J connectivity index is 1.62. The molecule has 0 saturated carbocycles. The van der Waals surface area contributed by atoms with Crippen molar-refractivity contribution >= 4 is 17.8 Å². The van der Waals surface area contributed by atoms with E-state index in [0.29, 0.717) is 30.2 Å². The van der Waals surface area contributed by atoms with E-state index < -0.39 is 0 Å². The largest absolute Gasteiger partial charge is 0.392 e. The molecule has 6 heteroatoms. The lowest BCUT2D eigenvalue weighted by atomic mass is 10.1. The van der Waals surface area contributed by atoms with Crippen LogP contribution in [-0.2, 0) is 18.9 Å². The van der Waals surface area contributed by atoms with Crippen LogP contribution in [0.15, 0.2) is 48.5 Å². The topological polar surface area (TPSA) is 61.4 Å². The molecular weight excluding hydrogens is 327 g/mol. The van der Waals surface area contributed by atoms with Crippen molar-refractivity contribution in [1.82, 2.24) is 10.6 Å². The minimum atomic E-state index is -0.255. The van der Waals surface area contributed by atoms with E-state index in [1.165, 1.54) is 6.07 Å². The number of halogens is 1. The fraction of sp³-hybridized carbons (Fsp3) is 0.278. The molecule has 0 spiro atoms. The summed E-state index contributed by atoms with van der Waals surface area (Å²) in [5, 5.41) is 14.8. The number of amides is 2. The van der Waals surface area contributed by atoms with Gasteiger partial charge in [-0.1, -0.05) is 42.5 Å². The van der Waals surface area contributed by atoms with Crippen LogP contribution in [0.2, 0.25) is 0 Å². The maximum Gasteiger partial charge on any atom is 0.315 e. The first kappa shape index (κ1) is 18.3. The van der Waals surface area contributed by atoms with Gasteiger partial charge in [0.15, 0.2) is 0 Å². The van der Waals surface area contributed by atoms with Gasteiger partial charge in [-0.3, -0.25) is 0 Å². The first-order valence-corrected chi connectivity index (χ1v) is 8.86. The van der Waals surface area contributed by atoms with E-state index in [4.69, 9.17) is 0 Å². The molecular formula is C18H21FN2O2S. The fourth-order valence-electron chi connectivity index (χ4n) is 2.16. The van der Waals surface area contributed by atoms with Crippen LogP contribution >= 0.6 is 11.8 Å². The van der Waals surface area contributed by atoms with E-state index in [9.17, 15) is 14.3 Å². The third-order valence-corrected chi connectivity index (χ3v) is 4.48. The van der Waals surface area contributed by atoms with Gasteiger partial charge in [0, 0.05) is 24.6 Å². The van der Waals surface area contributed by atoms with Crippen molar-refractivity contribution in [3.63, 3.8) is 0 Å². The molecule has 2 aromatic rings. The molecule has 4 nitrogen and oxygen atoms in total. The van der Waals surface area contributed by atoms with E-state index in [1.54, 1.807) is 23.9 Å². The van der Waals surface area contributed by atoms with Crippen molar-refractivity contribution in [2.75, 3.05) is 12.3 Å². The summed E-state index contributed by atoms with van der Waals surface area (Å²) in [4.78, 5) is 11.7. The highest BCUT2D eigenvalue weighted by Gasteiger charge is 2.04. The molecule has 3 N–H and O–H groups in total. The molecule has 0 aliphatic carbocycles. The van der Waals surface area contributed by atoms with Crippen molar-refractivity contribution < 1.29 is 14.3 Å². The Morgan fingerprint density at radius 3 is 2.38 bits per heavy atom. The van der Waals surface area contributed by atoms with Gasteiger partial charge in [0.25, 0.3) is 0 Å². The molecule has 128 valence electrons. The molecule has 2 amide bonds. The second-order valence-electron chi connectivity index (χ2n) is 5.18. The van der Waals surface area contributed by atoms with Crippen LogP contribution in [0.5, 0.6) is 0 Å². The summed E-state index contributed by atoms with van der Waals surface area (Å²) >= 11 is 1.57. The van der Waals surface area contributed by atoms with E-state index in [2.05, 4.69) is 10.6 Å². The van der Waals surface area contributed by atoms with Gasteiger partial charge in [-0.15, -0.1) is 0 Å². The average Bonchev–Trinajstić information content (AvgIpc) is 2.61. The minimum absolute atomic E-state index is 0.0494. The first-order chi connectivity index (χ1) is 11.7. The van der Waals surface area contributed by atoms with Gasteiger partial charge in [0.05, 0.1) is 6.61 Å². The van der Waals surface area contributed by atoms with Crippen LogP contribution in [0.25, 0.3) is 0 Å². The van der Waals surface area contributed by atoms with Gasteiger partial charge in [-0.2, -0.15) is 11.8 Å². The number of carbonyl (C=O) groups is 1. The number of urea groups is 1. The highest BCUT2D eigenvalue weighted by atomic mass is 32.2. The average molecular weight is 348 g/mol. The van der Waals surface area contributed by atoms with Gasteiger partial charge in [0.2, 0.25) is 0 Å². The van der Waals surface area contributed by atoms with Crippen molar-refractivity contribution in [3.8, 4) is 0 Å². The van der Waals surface area contributed by atoms with Crippen LogP contribution in [0, 0.1) is 5.82 Å². The Morgan fingerprint density at radius 1 is 1.00 bits per heavy atom. The minimum Gasteiger partial charge on any atom is -0.392 e. The van der Waals surface area contributed by atoms with Gasteiger partial charge in [-0.25, -0.2) is 9.18 Å². The smallest absolute Gasteiger partial charge is 0.315 e. The van der Waals surface area contributed by atoms with Crippen LogP contribution in [-0.4, -0.2) is 23.4 Å². The monoisotopic (exact) mass is 348 g/mol. The number of hydrogen-bond donors (Lipinski definition) is 3. The Kier molecular flexibility index (Phi) is 7.58. The molecule has 0 aliphatic rings. The molecule has 2 aromatic carbocycles. The lowest BCUT2D eigenvalue weighted by Crippen LogP contribution is -2.36. The zero-order valence-corrected chi connectivity index (χ0v) is 14.1. The predicted molar refractivity (Wildman–Crippen MR) is 95.2 cm³/mol. The standard InChI is InChI=1S/C18H21FN2O2S/c19-17-8-4-3-7-16(17)13-24-10-9-20-18(23)21-11-14-5-1-2-6-15(14)12-22/h1-8,22H,9-13H2,(H2,20,21,23). The molecule has 0 atom stereocenters. The summed E-state index contributed by atoms with van der Waals surface area (Å²) < 4.78 is 13.4. The molecule has 0 unspecified atom stereocenters. The summed E-state index contributed by atoms with van der Waals surface area (Å²) in [7, 11) is 0. The number of aliphatic hydroxyl groups is 1. The molecule has 0 bridgehead atoms. The van der Waals surface area contributed by atoms with Crippen LogP contribution in [0.4, 0.5) is 9.18 Å². The lowest BCUT2D eigenvalue weighted by molar-refractivity contribution is 0.241. The zero-order valence-electron chi connectivity index (χ0n) is 13.3. The number of carbonyl (C=O) groups excluding carboxylic acids is 1. The Labute approximate surface area is 145 Å². The molecule has 24 heavy (non-hydrogen) atoms. The second kappa shape index (κ2) is 9.95. The number of thioether (sulfide) groups is 1. The van der Waals surface area contributed by atoms with E-state index in [1.807, 2.05) is 30.3 Å².